The standard InChI is InChI=1S/C15H22N2O3S2/c18-15(16-8-2-1-3-9-16)13-6-4-10-17(12-13)22(19,20)14-7-5-11-21-14/h5,7,11,13H,1-4,6,8-10,12H2. The number of sulfonamides is 1. The van der Waals surface area contributed by atoms with Gasteiger partial charge in [0.1, 0.15) is 4.21 Å². The molecule has 3 rings (SSSR count). The molecule has 22 heavy (non-hydrogen) atoms. The monoisotopic (exact) mass is 342 g/mol. The van der Waals surface area contributed by atoms with Gasteiger partial charge < -0.3 is 4.90 Å². The van der Waals surface area contributed by atoms with Gasteiger partial charge in [0.25, 0.3) is 10.0 Å². The summed E-state index contributed by atoms with van der Waals surface area (Å²) in [5.74, 6) is -0.0348. The molecule has 2 fully saturated rings. The number of carbonyl (C=O) groups excluding carboxylic acids is 1. The number of nitrogens with zero attached hydrogens (tertiary/aromatic N) is 2. The number of likely N-dealkylation sites (tertiary alicyclic amines) is 1. The number of amides is 1. The van der Waals surface area contributed by atoms with Gasteiger partial charge in [-0.25, -0.2) is 8.42 Å². The predicted octanol–water partition coefficient (Wildman–Crippen LogP) is 2.16. The van der Waals surface area contributed by atoms with Gasteiger partial charge in [-0.3, -0.25) is 4.79 Å². The maximum Gasteiger partial charge on any atom is 0.252 e. The normalized spacial score (nSPS) is 24.4. The summed E-state index contributed by atoms with van der Waals surface area (Å²) in [6.07, 6.45) is 4.87. The molecule has 0 radical (unpaired) electrons. The Morgan fingerprint density at radius 2 is 1.91 bits per heavy atom. The Morgan fingerprint density at radius 1 is 1.14 bits per heavy atom. The first-order valence-electron chi connectivity index (χ1n) is 7.91. The summed E-state index contributed by atoms with van der Waals surface area (Å²) in [4.78, 5) is 14.5. The Morgan fingerprint density at radius 3 is 2.59 bits per heavy atom. The first kappa shape index (κ1) is 16.0. The van der Waals surface area contributed by atoms with Gasteiger partial charge in [-0.05, 0) is 43.6 Å². The van der Waals surface area contributed by atoms with Crippen LogP contribution >= 0.6 is 11.3 Å². The zero-order valence-electron chi connectivity index (χ0n) is 12.6. The number of hydrogen-bond donors (Lipinski definition) is 0. The van der Waals surface area contributed by atoms with Gasteiger partial charge >= 0.3 is 0 Å². The number of piperidine rings is 2. The molecule has 1 aromatic heterocycles. The van der Waals surface area contributed by atoms with Crippen molar-refractivity contribution in [2.24, 2.45) is 5.92 Å². The van der Waals surface area contributed by atoms with Gasteiger partial charge in [-0.15, -0.1) is 11.3 Å². The van der Waals surface area contributed by atoms with Crippen LogP contribution in [0.2, 0.25) is 0 Å². The predicted molar refractivity (Wildman–Crippen MR) is 86.2 cm³/mol. The van der Waals surface area contributed by atoms with Crippen LogP contribution in [-0.4, -0.2) is 49.7 Å². The smallest absolute Gasteiger partial charge is 0.252 e. The van der Waals surface area contributed by atoms with Gasteiger partial charge in [-0.2, -0.15) is 4.31 Å². The molecule has 1 atom stereocenters. The number of carbonyl (C=O) groups is 1. The minimum absolute atomic E-state index is 0.144. The first-order chi connectivity index (χ1) is 10.6. The summed E-state index contributed by atoms with van der Waals surface area (Å²) in [6, 6.07) is 3.38. The average molecular weight is 342 g/mol. The summed E-state index contributed by atoms with van der Waals surface area (Å²) in [7, 11) is -3.43. The highest BCUT2D eigenvalue weighted by atomic mass is 32.2. The Labute approximate surface area is 136 Å². The lowest BCUT2D eigenvalue weighted by Gasteiger charge is -2.35. The molecule has 5 nitrogen and oxygen atoms in total. The van der Waals surface area contributed by atoms with Crippen LogP contribution < -0.4 is 0 Å². The van der Waals surface area contributed by atoms with E-state index in [9.17, 15) is 13.2 Å². The van der Waals surface area contributed by atoms with Crippen LogP contribution in [0.15, 0.2) is 21.7 Å². The molecule has 2 saturated heterocycles. The molecule has 0 bridgehead atoms. The van der Waals surface area contributed by atoms with Gasteiger partial charge in [-0.1, -0.05) is 6.07 Å². The molecule has 0 spiro atoms. The van der Waals surface area contributed by atoms with Crippen LogP contribution in [-0.2, 0) is 14.8 Å². The Bertz CT molecular complexity index is 607. The fourth-order valence-electron chi connectivity index (χ4n) is 3.27. The molecule has 0 saturated carbocycles. The number of rotatable bonds is 3. The number of hydrogen-bond acceptors (Lipinski definition) is 4. The van der Waals surface area contributed by atoms with Crippen LogP contribution in [0.3, 0.4) is 0 Å². The quantitative estimate of drug-likeness (QED) is 0.846. The third-order valence-corrected chi connectivity index (χ3v) is 7.73. The molecule has 1 aromatic rings. The zero-order chi connectivity index (χ0) is 15.6. The second-order valence-corrected chi connectivity index (χ2v) is 9.13. The molecule has 7 heteroatoms. The lowest BCUT2D eigenvalue weighted by atomic mass is 9.97. The highest BCUT2D eigenvalue weighted by Crippen LogP contribution is 2.27. The molecular formula is C15H22N2O3S2. The molecule has 122 valence electrons. The van der Waals surface area contributed by atoms with Crippen molar-refractivity contribution in [2.75, 3.05) is 26.2 Å². The minimum Gasteiger partial charge on any atom is -0.342 e. The lowest BCUT2D eigenvalue weighted by molar-refractivity contribution is -0.137. The van der Waals surface area contributed by atoms with E-state index in [1.807, 2.05) is 4.90 Å². The summed E-state index contributed by atoms with van der Waals surface area (Å²) in [6.45, 7) is 2.50. The van der Waals surface area contributed by atoms with E-state index in [0.29, 0.717) is 17.3 Å². The summed E-state index contributed by atoms with van der Waals surface area (Å²) in [5.41, 5.74) is 0. The van der Waals surface area contributed by atoms with Crippen LogP contribution in [0, 0.1) is 5.92 Å². The van der Waals surface area contributed by atoms with Crippen LogP contribution in [0.25, 0.3) is 0 Å². The molecule has 0 aromatic carbocycles. The van der Waals surface area contributed by atoms with Crippen molar-refractivity contribution >= 4 is 27.3 Å². The fraction of sp³-hybridized carbons (Fsp3) is 0.667. The minimum atomic E-state index is -3.43. The van der Waals surface area contributed by atoms with E-state index in [-0.39, 0.29) is 11.8 Å². The van der Waals surface area contributed by atoms with E-state index in [4.69, 9.17) is 0 Å². The molecule has 1 amide bonds. The topological polar surface area (TPSA) is 57.7 Å². The van der Waals surface area contributed by atoms with Gasteiger partial charge in [0.05, 0.1) is 5.92 Å². The fourth-order valence-corrected chi connectivity index (χ4v) is 5.94. The van der Waals surface area contributed by atoms with E-state index >= 15 is 0 Å². The van der Waals surface area contributed by atoms with Crippen molar-refractivity contribution in [3.63, 3.8) is 0 Å². The van der Waals surface area contributed by atoms with E-state index in [0.717, 1.165) is 38.8 Å². The molecule has 0 aliphatic carbocycles. The Kier molecular flexibility index (Phi) is 4.84. The third kappa shape index (κ3) is 3.21. The molecule has 3 heterocycles. The van der Waals surface area contributed by atoms with E-state index in [2.05, 4.69) is 0 Å². The molecular weight excluding hydrogens is 320 g/mol. The van der Waals surface area contributed by atoms with Gasteiger partial charge in [0, 0.05) is 26.2 Å². The van der Waals surface area contributed by atoms with Crippen molar-refractivity contribution in [1.82, 2.24) is 9.21 Å². The zero-order valence-corrected chi connectivity index (χ0v) is 14.2. The summed E-state index contributed by atoms with van der Waals surface area (Å²) in [5, 5.41) is 1.77. The van der Waals surface area contributed by atoms with E-state index in [1.165, 1.54) is 22.1 Å². The lowest BCUT2D eigenvalue weighted by Crippen LogP contribution is -2.47. The van der Waals surface area contributed by atoms with Gasteiger partial charge in [0.15, 0.2) is 0 Å². The summed E-state index contributed by atoms with van der Waals surface area (Å²) >= 11 is 1.24. The first-order valence-corrected chi connectivity index (χ1v) is 10.2. The van der Waals surface area contributed by atoms with Crippen molar-refractivity contribution in [3.05, 3.63) is 17.5 Å². The molecule has 1 unspecified atom stereocenters. The Balaban J connectivity index is 1.70. The van der Waals surface area contributed by atoms with Crippen LogP contribution in [0.4, 0.5) is 0 Å². The van der Waals surface area contributed by atoms with Crippen molar-refractivity contribution < 1.29 is 13.2 Å². The number of thiophene rings is 1. The average Bonchev–Trinajstić information content (AvgIpc) is 3.10. The van der Waals surface area contributed by atoms with Crippen LogP contribution in [0.1, 0.15) is 32.1 Å². The maximum absolute atomic E-state index is 12.6. The van der Waals surface area contributed by atoms with Crippen molar-refractivity contribution in [3.8, 4) is 0 Å². The molecule has 0 N–H and O–H groups in total. The second kappa shape index (κ2) is 6.68. The maximum atomic E-state index is 12.6. The van der Waals surface area contributed by atoms with E-state index < -0.39 is 10.0 Å². The molecule has 2 aliphatic heterocycles. The highest BCUT2D eigenvalue weighted by molar-refractivity contribution is 7.91. The SMILES string of the molecule is O=C(C1CCCN(S(=O)(=O)c2cccs2)C1)N1CCCCC1. The second-order valence-electron chi connectivity index (χ2n) is 6.02. The largest absolute Gasteiger partial charge is 0.342 e. The van der Waals surface area contributed by atoms with Crippen molar-refractivity contribution in [2.45, 2.75) is 36.3 Å². The van der Waals surface area contributed by atoms with Crippen LogP contribution in [0.5, 0.6) is 0 Å². The summed E-state index contributed by atoms with van der Waals surface area (Å²) < 4.78 is 27.1. The van der Waals surface area contributed by atoms with Crippen molar-refractivity contribution in [1.29, 1.82) is 0 Å². The highest BCUT2D eigenvalue weighted by Gasteiger charge is 2.35. The van der Waals surface area contributed by atoms with Gasteiger partial charge in [0.2, 0.25) is 5.91 Å². The third-order valence-electron chi connectivity index (χ3n) is 4.49. The van der Waals surface area contributed by atoms with E-state index in [1.54, 1.807) is 17.5 Å². The Hall–Kier alpha value is -0.920. The molecule has 2 aliphatic rings.